The maximum absolute atomic E-state index is 12.5. The summed E-state index contributed by atoms with van der Waals surface area (Å²) in [6, 6.07) is 10.9. The number of carbonyl (C=O) groups excluding carboxylic acids is 2. The fourth-order valence-corrected chi connectivity index (χ4v) is 3.31. The van der Waals surface area contributed by atoms with Crippen molar-refractivity contribution in [2.75, 3.05) is 19.7 Å². The molecule has 6 nitrogen and oxygen atoms in total. The SMILES string of the molecule is CC(C)NC(=O)c1ccccc1OCC1CCN(C(=O)c2ccncc2)CC1. The standard InChI is InChI=1S/C22H27N3O3/c1-16(2)24-21(26)19-5-3-4-6-20(19)28-15-17-9-13-25(14-10-17)22(27)18-7-11-23-12-8-18/h3-8,11-12,16-17H,9-10,13-15H2,1-2H3,(H,24,26). The van der Waals surface area contributed by atoms with Gasteiger partial charge < -0.3 is 15.0 Å². The first kappa shape index (κ1) is 19.9. The normalized spacial score (nSPS) is 14.8. The summed E-state index contributed by atoms with van der Waals surface area (Å²) in [5.74, 6) is 0.902. The predicted molar refractivity (Wildman–Crippen MR) is 107 cm³/mol. The van der Waals surface area contributed by atoms with Crippen molar-refractivity contribution in [1.82, 2.24) is 15.2 Å². The van der Waals surface area contributed by atoms with Crippen LogP contribution >= 0.6 is 0 Å². The molecule has 0 bridgehead atoms. The largest absolute Gasteiger partial charge is 0.492 e. The summed E-state index contributed by atoms with van der Waals surface area (Å²) in [5.41, 5.74) is 1.23. The highest BCUT2D eigenvalue weighted by Gasteiger charge is 2.24. The summed E-state index contributed by atoms with van der Waals surface area (Å²) in [4.78, 5) is 30.7. The molecule has 6 heteroatoms. The Kier molecular flexibility index (Phi) is 6.63. The molecule has 0 atom stereocenters. The number of carbonyl (C=O) groups is 2. The van der Waals surface area contributed by atoms with Crippen LogP contribution in [0.25, 0.3) is 0 Å². The third-order valence-electron chi connectivity index (χ3n) is 4.86. The Hall–Kier alpha value is -2.89. The van der Waals surface area contributed by atoms with Gasteiger partial charge in [0, 0.05) is 37.1 Å². The fraction of sp³-hybridized carbons (Fsp3) is 0.409. The average Bonchev–Trinajstić information content (AvgIpc) is 2.72. The van der Waals surface area contributed by atoms with Crippen LogP contribution in [0.3, 0.4) is 0 Å². The van der Waals surface area contributed by atoms with Gasteiger partial charge in [0.2, 0.25) is 0 Å². The number of likely N-dealkylation sites (tertiary alicyclic amines) is 1. The Morgan fingerprint density at radius 1 is 1.14 bits per heavy atom. The first-order valence-corrected chi connectivity index (χ1v) is 9.76. The Labute approximate surface area is 165 Å². The van der Waals surface area contributed by atoms with Crippen LogP contribution in [0.4, 0.5) is 0 Å². The lowest BCUT2D eigenvalue weighted by Gasteiger charge is -2.32. The van der Waals surface area contributed by atoms with Gasteiger partial charge >= 0.3 is 0 Å². The highest BCUT2D eigenvalue weighted by Crippen LogP contribution is 2.23. The van der Waals surface area contributed by atoms with Crippen molar-refractivity contribution in [3.63, 3.8) is 0 Å². The zero-order valence-corrected chi connectivity index (χ0v) is 16.4. The van der Waals surface area contributed by atoms with Crippen LogP contribution in [0.1, 0.15) is 47.4 Å². The van der Waals surface area contributed by atoms with E-state index in [1.165, 1.54) is 0 Å². The van der Waals surface area contributed by atoms with E-state index >= 15 is 0 Å². The molecule has 1 N–H and O–H groups in total. The van der Waals surface area contributed by atoms with E-state index in [1.54, 1.807) is 30.6 Å². The van der Waals surface area contributed by atoms with Crippen LogP contribution in [-0.2, 0) is 0 Å². The quantitative estimate of drug-likeness (QED) is 0.834. The Morgan fingerprint density at radius 2 is 1.82 bits per heavy atom. The van der Waals surface area contributed by atoms with Crippen molar-refractivity contribution in [2.24, 2.45) is 5.92 Å². The summed E-state index contributed by atoms with van der Waals surface area (Å²) >= 11 is 0. The second kappa shape index (κ2) is 9.35. The molecule has 0 spiro atoms. The molecule has 3 rings (SSSR count). The highest BCUT2D eigenvalue weighted by atomic mass is 16.5. The zero-order chi connectivity index (χ0) is 19.9. The first-order chi connectivity index (χ1) is 13.5. The summed E-state index contributed by atoms with van der Waals surface area (Å²) in [6.45, 7) is 5.84. The van der Waals surface area contributed by atoms with Crippen molar-refractivity contribution in [2.45, 2.75) is 32.7 Å². The third kappa shape index (κ3) is 5.09. The number of amides is 2. The van der Waals surface area contributed by atoms with Gasteiger partial charge in [0.1, 0.15) is 5.75 Å². The van der Waals surface area contributed by atoms with Crippen LogP contribution in [-0.4, -0.2) is 47.4 Å². The molecule has 148 valence electrons. The predicted octanol–water partition coefficient (Wildman–Crippen LogP) is 3.15. The van der Waals surface area contributed by atoms with E-state index in [0.29, 0.717) is 42.5 Å². The van der Waals surface area contributed by atoms with E-state index in [4.69, 9.17) is 4.74 Å². The Balaban J connectivity index is 1.52. The van der Waals surface area contributed by atoms with Crippen molar-refractivity contribution >= 4 is 11.8 Å². The Morgan fingerprint density at radius 3 is 2.50 bits per heavy atom. The lowest BCUT2D eigenvalue weighted by atomic mass is 9.97. The number of piperidine rings is 1. The van der Waals surface area contributed by atoms with E-state index in [1.807, 2.05) is 36.9 Å². The van der Waals surface area contributed by atoms with E-state index < -0.39 is 0 Å². The molecule has 0 aliphatic carbocycles. The summed E-state index contributed by atoms with van der Waals surface area (Å²) in [7, 11) is 0. The van der Waals surface area contributed by atoms with Crippen LogP contribution in [0.5, 0.6) is 5.75 Å². The van der Waals surface area contributed by atoms with Gasteiger partial charge in [-0.15, -0.1) is 0 Å². The molecule has 2 aromatic rings. The molecule has 0 radical (unpaired) electrons. The maximum Gasteiger partial charge on any atom is 0.255 e. The van der Waals surface area contributed by atoms with Gasteiger partial charge in [0.25, 0.3) is 11.8 Å². The number of para-hydroxylation sites is 1. The molecule has 0 saturated carbocycles. The number of ether oxygens (including phenoxy) is 1. The van der Waals surface area contributed by atoms with Crippen molar-refractivity contribution < 1.29 is 14.3 Å². The molecule has 2 heterocycles. The van der Waals surface area contributed by atoms with Gasteiger partial charge in [-0.3, -0.25) is 14.6 Å². The molecule has 28 heavy (non-hydrogen) atoms. The molecule has 0 unspecified atom stereocenters. The molecular formula is C22H27N3O3. The van der Waals surface area contributed by atoms with E-state index in [-0.39, 0.29) is 17.9 Å². The lowest BCUT2D eigenvalue weighted by Crippen LogP contribution is -2.39. The minimum Gasteiger partial charge on any atom is -0.492 e. The van der Waals surface area contributed by atoms with Crippen molar-refractivity contribution in [3.8, 4) is 5.75 Å². The minimum atomic E-state index is -0.122. The van der Waals surface area contributed by atoms with Crippen LogP contribution in [0.2, 0.25) is 0 Å². The minimum absolute atomic E-state index is 0.0532. The molecule has 2 amide bonds. The summed E-state index contributed by atoms with van der Waals surface area (Å²) in [6.07, 6.45) is 5.05. The van der Waals surface area contributed by atoms with E-state index in [9.17, 15) is 9.59 Å². The van der Waals surface area contributed by atoms with E-state index in [0.717, 1.165) is 12.8 Å². The average molecular weight is 381 g/mol. The van der Waals surface area contributed by atoms with Crippen LogP contribution < -0.4 is 10.1 Å². The lowest BCUT2D eigenvalue weighted by molar-refractivity contribution is 0.0659. The highest BCUT2D eigenvalue weighted by molar-refractivity contribution is 5.97. The Bertz CT molecular complexity index is 800. The van der Waals surface area contributed by atoms with Crippen molar-refractivity contribution in [3.05, 3.63) is 59.9 Å². The zero-order valence-electron chi connectivity index (χ0n) is 16.4. The second-order valence-electron chi connectivity index (χ2n) is 7.41. The molecule has 1 aromatic heterocycles. The monoisotopic (exact) mass is 381 g/mol. The van der Waals surface area contributed by atoms with E-state index in [2.05, 4.69) is 10.3 Å². The number of rotatable bonds is 6. The fourth-order valence-electron chi connectivity index (χ4n) is 3.31. The number of aromatic nitrogens is 1. The molecule has 1 fully saturated rings. The number of benzene rings is 1. The van der Waals surface area contributed by atoms with Crippen LogP contribution in [0.15, 0.2) is 48.8 Å². The number of pyridine rings is 1. The second-order valence-corrected chi connectivity index (χ2v) is 7.41. The van der Waals surface area contributed by atoms with Gasteiger partial charge in [-0.2, -0.15) is 0 Å². The number of nitrogens with one attached hydrogen (secondary N) is 1. The summed E-state index contributed by atoms with van der Waals surface area (Å²) in [5, 5.41) is 2.90. The van der Waals surface area contributed by atoms with Gasteiger partial charge in [-0.25, -0.2) is 0 Å². The van der Waals surface area contributed by atoms with Gasteiger partial charge in [0.05, 0.1) is 12.2 Å². The molecule has 1 saturated heterocycles. The van der Waals surface area contributed by atoms with Crippen molar-refractivity contribution in [1.29, 1.82) is 0 Å². The topological polar surface area (TPSA) is 71.5 Å². The first-order valence-electron chi connectivity index (χ1n) is 9.76. The molecule has 1 aromatic carbocycles. The molecular weight excluding hydrogens is 354 g/mol. The van der Waals surface area contributed by atoms with Gasteiger partial charge in [0.15, 0.2) is 0 Å². The maximum atomic E-state index is 12.5. The smallest absolute Gasteiger partial charge is 0.255 e. The number of hydrogen-bond acceptors (Lipinski definition) is 4. The van der Waals surface area contributed by atoms with Gasteiger partial charge in [-0.1, -0.05) is 12.1 Å². The number of hydrogen-bond donors (Lipinski definition) is 1. The van der Waals surface area contributed by atoms with Crippen LogP contribution in [0, 0.1) is 5.92 Å². The number of nitrogens with zero attached hydrogens (tertiary/aromatic N) is 2. The third-order valence-corrected chi connectivity index (χ3v) is 4.86. The molecule has 1 aliphatic rings. The summed E-state index contributed by atoms with van der Waals surface area (Å²) < 4.78 is 5.99. The molecule has 1 aliphatic heterocycles. The van der Waals surface area contributed by atoms with Gasteiger partial charge in [-0.05, 0) is 56.9 Å².